The maximum atomic E-state index is 15.1. The number of imide groups is 1. The molecule has 0 aromatic heterocycles. The van der Waals surface area contributed by atoms with E-state index in [1.807, 2.05) is 4.90 Å². The van der Waals surface area contributed by atoms with Gasteiger partial charge in [-0.25, -0.2) is 4.39 Å². The number of hydrogen-bond donors (Lipinski definition) is 0. The van der Waals surface area contributed by atoms with Crippen molar-refractivity contribution in [2.75, 3.05) is 31.1 Å². The van der Waals surface area contributed by atoms with Crippen LogP contribution in [0.4, 0.5) is 10.1 Å². The van der Waals surface area contributed by atoms with Crippen LogP contribution in [0.3, 0.4) is 0 Å². The zero-order valence-corrected chi connectivity index (χ0v) is 20.4. The van der Waals surface area contributed by atoms with Crippen molar-refractivity contribution in [1.82, 2.24) is 9.80 Å². The predicted octanol–water partition coefficient (Wildman–Crippen LogP) is 3.45. The summed E-state index contributed by atoms with van der Waals surface area (Å²) in [5.74, 6) is -0.961. The fourth-order valence-electron chi connectivity index (χ4n) is 6.53. The minimum atomic E-state index is -1.02. The van der Waals surface area contributed by atoms with Gasteiger partial charge in [-0.15, -0.1) is 0 Å². The fourth-order valence-corrected chi connectivity index (χ4v) is 6.53. The number of piperidine rings is 2. The molecule has 4 aliphatic rings. The maximum absolute atomic E-state index is 15.1. The van der Waals surface area contributed by atoms with Gasteiger partial charge in [-0.2, -0.15) is 0 Å². The second-order valence-electron chi connectivity index (χ2n) is 11.0. The molecule has 3 aliphatic heterocycles. The smallest absolute Gasteiger partial charge is 0.262 e. The Morgan fingerprint density at radius 1 is 1.03 bits per heavy atom. The molecule has 1 saturated carbocycles. The maximum Gasteiger partial charge on any atom is 0.262 e. The van der Waals surface area contributed by atoms with Crippen molar-refractivity contribution in [3.05, 3.63) is 29.1 Å². The van der Waals surface area contributed by atoms with Crippen LogP contribution in [0, 0.1) is 17.2 Å². The highest BCUT2D eigenvalue weighted by atomic mass is 19.1. The second kappa shape index (κ2) is 9.45. The van der Waals surface area contributed by atoms with Gasteiger partial charge in [0.15, 0.2) is 0 Å². The van der Waals surface area contributed by atoms with Gasteiger partial charge in [0.1, 0.15) is 18.4 Å². The Hall–Kier alpha value is -2.61. The molecule has 8 heteroatoms. The summed E-state index contributed by atoms with van der Waals surface area (Å²) < 4.78 is 15.1. The van der Waals surface area contributed by atoms with Crippen molar-refractivity contribution < 1.29 is 23.6 Å². The van der Waals surface area contributed by atoms with Gasteiger partial charge in [-0.3, -0.25) is 14.5 Å². The van der Waals surface area contributed by atoms with E-state index in [2.05, 4.69) is 11.8 Å². The summed E-state index contributed by atoms with van der Waals surface area (Å²) >= 11 is 0. The Morgan fingerprint density at radius 3 is 2.26 bits per heavy atom. The summed E-state index contributed by atoms with van der Waals surface area (Å²) in [5.41, 5.74) is 0.807. The summed E-state index contributed by atoms with van der Waals surface area (Å²) in [6.45, 7) is 6.20. The molecule has 1 atom stereocenters. The zero-order valence-electron chi connectivity index (χ0n) is 20.4. The first kappa shape index (κ1) is 24.1. The SMILES string of the molecule is CC1CCN(C2CC3(CCN(c4cc5c(cc4F)C(=O)N(C(C=O)CCC=O)C5=O)CC3)C2)CC1. The van der Waals surface area contributed by atoms with E-state index >= 15 is 4.39 Å². The number of hydrogen-bond acceptors (Lipinski definition) is 6. The Labute approximate surface area is 205 Å². The molecule has 0 bridgehead atoms. The van der Waals surface area contributed by atoms with E-state index in [1.165, 1.54) is 44.8 Å². The number of anilines is 1. The van der Waals surface area contributed by atoms with Gasteiger partial charge in [0.05, 0.1) is 22.9 Å². The van der Waals surface area contributed by atoms with Gasteiger partial charge < -0.3 is 19.4 Å². The first-order chi connectivity index (χ1) is 16.9. The van der Waals surface area contributed by atoms with Crippen LogP contribution in [0.25, 0.3) is 0 Å². The molecule has 7 nitrogen and oxygen atoms in total. The summed E-state index contributed by atoms with van der Waals surface area (Å²) in [6.07, 6.45) is 8.30. The largest absolute Gasteiger partial charge is 0.369 e. The van der Waals surface area contributed by atoms with Crippen molar-refractivity contribution in [1.29, 1.82) is 0 Å². The molecule has 1 unspecified atom stereocenters. The molecule has 2 amide bonds. The fraction of sp³-hybridized carbons (Fsp3) is 0.630. The molecule has 1 spiro atoms. The average molecular weight is 484 g/mol. The molecule has 3 fully saturated rings. The molecule has 3 heterocycles. The lowest BCUT2D eigenvalue weighted by atomic mass is 9.59. The van der Waals surface area contributed by atoms with Crippen molar-refractivity contribution in [2.24, 2.45) is 11.3 Å². The van der Waals surface area contributed by atoms with Crippen LogP contribution in [-0.2, 0) is 9.59 Å². The van der Waals surface area contributed by atoms with Crippen LogP contribution in [0.1, 0.15) is 79.0 Å². The first-order valence-corrected chi connectivity index (χ1v) is 12.9. The van der Waals surface area contributed by atoms with Crippen LogP contribution < -0.4 is 4.90 Å². The minimum absolute atomic E-state index is 0.0135. The summed E-state index contributed by atoms with van der Waals surface area (Å²) in [7, 11) is 0. The molecule has 1 aromatic rings. The lowest BCUT2D eigenvalue weighted by Crippen LogP contribution is -2.56. The topological polar surface area (TPSA) is 78.0 Å². The zero-order chi connectivity index (χ0) is 24.7. The van der Waals surface area contributed by atoms with E-state index < -0.39 is 23.7 Å². The quantitative estimate of drug-likeness (QED) is 0.437. The molecule has 1 aromatic carbocycles. The van der Waals surface area contributed by atoms with Crippen LogP contribution in [0.15, 0.2) is 12.1 Å². The highest BCUT2D eigenvalue weighted by Crippen LogP contribution is 2.52. The standard InChI is InChI=1S/C27H34FN3O4/c1-18-4-8-29(9-5-18)20-15-27(16-20)6-10-30(11-7-27)24-14-22-21(13-23(24)28)25(34)31(26(22)35)19(17-33)3-2-12-32/h12-14,17-20H,2-11,15-16H2,1H3. The van der Waals surface area contributed by atoms with E-state index in [9.17, 15) is 19.2 Å². The van der Waals surface area contributed by atoms with Gasteiger partial charge in [0, 0.05) is 25.6 Å². The van der Waals surface area contributed by atoms with Gasteiger partial charge in [0.2, 0.25) is 0 Å². The van der Waals surface area contributed by atoms with Gasteiger partial charge >= 0.3 is 0 Å². The third kappa shape index (κ3) is 4.30. The lowest BCUT2D eigenvalue weighted by molar-refractivity contribution is -0.112. The number of amides is 2. The highest BCUT2D eigenvalue weighted by Gasteiger charge is 2.48. The van der Waals surface area contributed by atoms with Crippen LogP contribution >= 0.6 is 0 Å². The lowest BCUT2D eigenvalue weighted by Gasteiger charge is -2.56. The normalized spacial score (nSPS) is 23.9. The third-order valence-corrected chi connectivity index (χ3v) is 8.89. The van der Waals surface area contributed by atoms with E-state index in [0.717, 1.165) is 42.8 Å². The number of likely N-dealkylation sites (tertiary alicyclic amines) is 1. The molecular formula is C27H34FN3O4. The van der Waals surface area contributed by atoms with Gasteiger partial charge in [-0.1, -0.05) is 6.92 Å². The molecule has 2 saturated heterocycles. The number of carbonyl (C=O) groups is 4. The van der Waals surface area contributed by atoms with Crippen molar-refractivity contribution in [2.45, 2.75) is 70.4 Å². The highest BCUT2D eigenvalue weighted by molar-refractivity contribution is 6.22. The third-order valence-electron chi connectivity index (χ3n) is 8.89. The number of aldehydes is 2. The first-order valence-electron chi connectivity index (χ1n) is 12.9. The number of rotatable bonds is 7. The monoisotopic (exact) mass is 483 g/mol. The van der Waals surface area contributed by atoms with Gasteiger partial charge in [-0.05, 0) is 81.5 Å². The molecule has 35 heavy (non-hydrogen) atoms. The number of halogens is 1. The molecule has 0 radical (unpaired) electrons. The van der Waals surface area contributed by atoms with E-state index in [4.69, 9.17) is 0 Å². The number of nitrogens with zero attached hydrogens (tertiary/aromatic N) is 3. The van der Waals surface area contributed by atoms with Crippen molar-refractivity contribution in [3.63, 3.8) is 0 Å². The molecule has 188 valence electrons. The molecule has 0 N–H and O–H groups in total. The minimum Gasteiger partial charge on any atom is -0.369 e. The Balaban J connectivity index is 1.24. The van der Waals surface area contributed by atoms with Crippen LogP contribution in [0.5, 0.6) is 0 Å². The molecule has 1 aliphatic carbocycles. The van der Waals surface area contributed by atoms with E-state index in [1.54, 1.807) is 0 Å². The molecular weight excluding hydrogens is 449 g/mol. The van der Waals surface area contributed by atoms with Crippen LogP contribution in [-0.4, -0.2) is 72.4 Å². The second-order valence-corrected chi connectivity index (χ2v) is 11.0. The number of benzene rings is 1. The summed E-state index contributed by atoms with van der Waals surface area (Å²) in [4.78, 5) is 53.5. The van der Waals surface area contributed by atoms with Gasteiger partial charge in [0.25, 0.3) is 11.8 Å². The van der Waals surface area contributed by atoms with Crippen molar-refractivity contribution in [3.8, 4) is 0 Å². The van der Waals surface area contributed by atoms with E-state index in [-0.39, 0.29) is 24.0 Å². The Bertz CT molecular complexity index is 1020. The Morgan fingerprint density at radius 2 is 1.66 bits per heavy atom. The number of fused-ring (bicyclic) bond motifs is 1. The average Bonchev–Trinajstić information content (AvgIpc) is 3.08. The summed E-state index contributed by atoms with van der Waals surface area (Å²) in [6, 6.07) is 2.27. The summed E-state index contributed by atoms with van der Waals surface area (Å²) in [5, 5.41) is 0. The van der Waals surface area contributed by atoms with E-state index in [0.29, 0.717) is 29.7 Å². The predicted molar refractivity (Wildman–Crippen MR) is 129 cm³/mol. The number of carbonyl (C=O) groups excluding carboxylic acids is 4. The van der Waals surface area contributed by atoms with Crippen molar-refractivity contribution >= 4 is 30.1 Å². The Kier molecular flexibility index (Phi) is 6.51. The molecule has 5 rings (SSSR count). The van der Waals surface area contributed by atoms with Crippen LogP contribution in [0.2, 0.25) is 0 Å².